The number of aromatic amines is 1. The van der Waals surface area contributed by atoms with Crippen molar-refractivity contribution in [2.45, 2.75) is 20.3 Å². The quantitative estimate of drug-likeness (QED) is 0.463. The van der Waals surface area contributed by atoms with Crippen molar-refractivity contribution >= 4 is 35.2 Å². The number of anilines is 5. The zero-order valence-electron chi connectivity index (χ0n) is 20.6. The molecule has 10 heteroatoms. The summed E-state index contributed by atoms with van der Waals surface area (Å²) in [6.45, 7) is 10.6. The van der Waals surface area contributed by atoms with E-state index in [9.17, 15) is 0 Å². The molecule has 3 aromatic rings. The van der Waals surface area contributed by atoms with Gasteiger partial charge in [0.2, 0.25) is 0 Å². The van der Waals surface area contributed by atoms with Gasteiger partial charge in [0.15, 0.2) is 0 Å². The number of hydrogen-bond acceptors (Lipinski definition) is 9. The van der Waals surface area contributed by atoms with Crippen molar-refractivity contribution in [2.75, 3.05) is 72.5 Å². The molecule has 2 aliphatic rings. The van der Waals surface area contributed by atoms with Gasteiger partial charge in [-0.15, -0.1) is 0 Å². The highest BCUT2D eigenvalue weighted by Gasteiger charge is 2.24. The van der Waals surface area contributed by atoms with E-state index in [0.717, 1.165) is 68.0 Å². The van der Waals surface area contributed by atoms with Crippen LogP contribution in [0.1, 0.15) is 25.8 Å². The summed E-state index contributed by atoms with van der Waals surface area (Å²) in [4.78, 5) is 16.2. The lowest BCUT2D eigenvalue weighted by Gasteiger charge is -2.38. The second-order valence-corrected chi connectivity index (χ2v) is 8.47. The molecule has 0 amide bonds. The Balaban J connectivity index is 0.000000917. The molecule has 0 atom stereocenters. The summed E-state index contributed by atoms with van der Waals surface area (Å²) in [6, 6.07) is 9.97. The number of H-pyrrole nitrogens is 1. The summed E-state index contributed by atoms with van der Waals surface area (Å²) < 4.78 is 5.53. The number of rotatable bonds is 6. The Morgan fingerprint density at radius 1 is 0.971 bits per heavy atom. The second-order valence-electron chi connectivity index (χ2n) is 8.47. The van der Waals surface area contributed by atoms with Gasteiger partial charge >= 0.3 is 0 Å². The number of aromatic nitrogens is 4. The molecule has 10 nitrogen and oxygen atoms in total. The standard InChI is InChI=1S/C22H27N9O.C3H8/c23-16-17-18(29-7-9-30(10-8-29)20-3-1-2-5-24-20)15-21(31-11-13-32-14-12-31)27-22(17)26-19-4-6-25-28-19;1-3-2/h1-6,15-16,23H,7-14H2,(H2,25,26,27,28);3H2,1-2H3. The third kappa shape index (κ3) is 6.07. The van der Waals surface area contributed by atoms with E-state index < -0.39 is 0 Å². The first kappa shape index (κ1) is 24.5. The Bertz CT molecular complexity index is 1040. The minimum absolute atomic E-state index is 0.649. The molecule has 3 aromatic heterocycles. The molecule has 0 aromatic carbocycles. The number of morpholine rings is 1. The van der Waals surface area contributed by atoms with Gasteiger partial charge in [-0.25, -0.2) is 9.97 Å². The second kappa shape index (κ2) is 12.2. The molecule has 0 aliphatic carbocycles. The van der Waals surface area contributed by atoms with Gasteiger partial charge in [-0.05, 0) is 12.1 Å². The number of pyridine rings is 2. The molecule has 186 valence electrons. The maximum Gasteiger partial charge on any atom is 0.144 e. The fourth-order valence-electron chi connectivity index (χ4n) is 4.15. The van der Waals surface area contributed by atoms with Crippen LogP contribution in [0.5, 0.6) is 0 Å². The van der Waals surface area contributed by atoms with Crippen LogP contribution in [0.4, 0.5) is 29.0 Å². The third-order valence-electron chi connectivity index (χ3n) is 5.85. The van der Waals surface area contributed by atoms with Crippen molar-refractivity contribution < 1.29 is 4.74 Å². The molecule has 35 heavy (non-hydrogen) atoms. The fraction of sp³-hybridized carbons (Fsp3) is 0.440. The molecule has 0 spiro atoms. The smallest absolute Gasteiger partial charge is 0.144 e. The predicted molar refractivity (Wildman–Crippen MR) is 142 cm³/mol. The lowest BCUT2D eigenvalue weighted by atomic mass is 10.1. The molecule has 0 unspecified atom stereocenters. The zero-order chi connectivity index (χ0) is 24.5. The van der Waals surface area contributed by atoms with Crippen molar-refractivity contribution in [3.63, 3.8) is 0 Å². The molecule has 2 aliphatic heterocycles. The molecule has 5 rings (SSSR count). The Labute approximate surface area is 206 Å². The van der Waals surface area contributed by atoms with Gasteiger partial charge in [-0.1, -0.05) is 26.3 Å². The maximum absolute atomic E-state index is 8.15. The predicted octanol–water partition coefficient (Wildman–Crippen LogP) is 3.52. The third-order valence-corrected chi connectivity index (χ3v) is 5.85. The summed E-state index contributed by atoms with van der Waals surface area (Å²) in [7, 11) is 0. The van der Waals surface area contributed by atoms with E-state index in [2.05, 4.69) is 55.1 Å². The van der Waals surface area contributed by atoms with Crippen molar-refractivity contribution in [2.24, 2.45) is 0 Å². The lowest BCUT2D eigenvalue weighted by Crippen LogP contribution is -2.47. The largest absolute Gasteiger partial charge is 0.378 e. The monoisotopic (exact) mass is 477 g/mol. The number of ether oxygens (including phenoxy) is 1. The van der Waals surface area contributed by atoms with Gasteiger partial charge in [-0.3, -0.25) is 5.10 Å². The van der Waals surface area contributed by atoms with E-state index in [1.807, 2.05) is 30.5 Å². The van der Waals surface area contributed by atoms with Crippen LogP contribution >= 0.6 is 0 Å². The van der Waals surface area contributed by atoms with Crippen molar-refractivity contribution in [3.8, 4) is 0 Å². The van der Waals surface area contributed by atoms with Gasteiger partial charge in [0.25, 0.3) is 0 Å². The van der Waals surface area contributed by atoms with Gasteiger partial charge in [0.05, 0.1) is 30.7 Å². The SMILES string of the molecule is CCC.N=Cc1c(N2CCN(c3ccccn3)CC2)cc(N2CCOCC2)nc1Nc1ccn[nH]1. The minimum atomic E-state index is 0.649. The first-order chi connectivity index (χ1) is 17.2. The number of nitrogens with zero attached hydrogens (tertiary/aromatic N) is 6. The summed E-state index contributed by atoms with van der Waals surface area (Å²) in [5.74, 6) is 3.29. The first-order valence-corrected chi connectivity index (χ1v) is 12.3. The molecular formula is C25H35N9O. The molecular weight excluding hydrogens is 442 g/mol. The van der Waals surface area contributed by atoms with E-state index in [4.69, 9.17) is 15.1 Å². The summed E-state index contributed by atoms with van der Waals surface area (Å²) in [6.07, 6.45) is 6.16. The Morgan fingerprint density at radius 3 is 2.31 bits per heavy atom. The van der Waals surface area contributed by atoms with Crippen LogP contribution in [0.15, 0.2) is 42.7 Å². The van der Waals surface area contributed by atoms with Crippen LogP contribution in [-0.2, 0) is 4.74 Å². The molecule has 0 saturated carbocycles. The van der Waals surface area contributed by atoms with Gasteiger partial charge < -0.3 is 30.2 Å². The van der Waals surface area contributed by atoms with Crippen LogP contribution in [-0.4, -0.2) is 78.9 Å². The first-order valence-electron chi connectivity index (χ1n) is 12.3. The number of piperazine rings is 1. The normalized spacial score (nSPS) is 15.9. The lowest BCUT2D eigenvalue weighted by molar-refractivity contribution is 0.122. The van der Waals surface area contributed by atoms with Crippen LogP contribution in [0.25, 0.3) is 0 Å². The van der Waals surface area contributed by atoms with Crippen molar-refractivity contribution in [3.05, 3.63) is 48.3 Å². The molecule has 2 fully saturated rings. The highest BCUT2D eigenvalue weighted by Crippen LogP contribution is 2.32. The zero-order valence-corrected chi connectivity index (χ0v) is 20.6. The number of nitrogens with one attached hydrogen (secondary N) is 3. The molecule has 0 radical (unpaired) electrons. The van der Waals surface area contributed by atoms with Crippen molar-refractivity contribution in [1.82, 2.24) is 20.2 Å². The topological polar surface area (TPSA) is 109 Å². The maximum atomic E-state index is 8.15. The molecule has 2 saturated heterocycles. The van der Waals surface area contributed by atoms with Crippen molar-refractivity contribution in [1.29, 1.82) is 5.41 Å². The Morgan fingerprint density at radius 2 is 1.69 bits per heavy atom. The van der Waals surface area contributed by atoms with Crippen LogP contribution in [0.3, 0.4) is 0 Å². The van der Waals surface area contributed by atoms with E-state index in [0.29, 0.717) is 19.0 Å². The highest BCUT2D eigenvalue weighted by atomic mass is 16.5. The average molecular weight is 478 g/mol. The summed E-state index contributed by atoms with van der Waals surface area (Å²) >= 11 is 0. The van der Waals surface area contributed by atoms with E-state index >= 15 is 0 Å². The minimum Gasteiger partial charge on any atom is -0.378 e. The molecule has 0 bridgehead atoms. The Hall–Kier alpha value is -3.66. The van der Waals surface area contributed by atoms with E-state index in [-0.39, 0.29) is 0 Å². The van der Waals surface area contributed by atoms with E-state index in [1.165, 1.54) is 12.6 Å². The van der Waals surface area contributed by atoms with Gasteiger partial charge in [0, 0.05) is 63.8 Å². The van der Waals surface area contributed by atoms with Crippen LogP contribution in [0, 0.1) is 5.41 Å². The number of hydrogen-bond donors (Lipinski definition) is 3. The molecule has 3 N–H and O–H groups in total. The summed E-state index contributed by atoms with van der Waals surface area (Å²) in [5, 5.41) is 18.4. The van der Waals surface area contributed by atoms with Crippen LogP contribution < -0.4 is 20.0 Å². The highest BCUT2D eigenvalue weighted by molar-refractivity contribution is 5.94. The van der Waals surface area contributed by atoms with E-state index in [1.54, 1.807) is 6.20 Å². The Kier molecular flexibility index (Phi) is 8.50. The van der Waals surface area contributed by atoms with Gasteiger partial charge in [0.1, 0.15) is 23.3 Å². The average Bonchev–Trinajstić information content (AvgIpc) is 3.43. The molecule has 5 heterocycles. The summed E-state index contributed by atoms with van der Waals surface area (Å²) in [5.41, 5.74) is 1.78. The van der Waals surface area contributed by atoms with Crippen LogP contribution in [0.2, 0.25) is 0 Å². The van der Waals surface area contributed by atoms with Gasteiger partial charge in [-0.2, -0.15) is 5.10 Å². The fourth-order valence-corrected chi connectivity index (χ4v) is 4.15.